The highest BCUT2D eigenvalue weighted by Gasteiger charge is 2.20. The number of nitrogens with one attached hydrogen (secondary N) is 2. The zero-order chi connectivity index (χ0) is 15.3. The van der Waals surface area contributed by atoms with Crippen molar-refractivity contribution in [3.05, 3.63) is 41.2 Å². The monoisotopic (exact) mass is 329 g/mol. The van der Waals surface area contributed by atoms with E-state index in [1.807, 2.05) is 6.92 Å². The first-order chi connectivity index (χ1) is 10.0. The van der Waals surface area contributed by atoms with E-state index < -0.39 is 10.0 Å². The Morgan fingerprint density at radius 3 is 2.86 bits per heavy atom. The van der Waals surface area contributed by atoms with Gasteiger partial charge in [-0.3, -0.25) is 4.72 Å². The summed E-state index contributed by atoms with van der Waals surface area (Å²) in [4.78, 5) is 3.88. The van der Waals surface area contributed by atoms with Crippen LogP contribution in [0.25, 0.3) is 0 Å². The fourth-order valence-electron chi connectivity index (χ4n) is 1.62. The summed E-state index contributed by atoms with van der Waals surface area (Å²) in [5.41, 5.74) is 0. The van der Waals surface area contributed by atoms with Crippen LogP contribution in [0.15, 0.2) is 40.0 Å². The average Bonchev–Trinajstić information content (AvgIpc) is 2.91. The summed E-state index contributed by atoms with van der Waals surface area (Å²) in [6.45, 7) is 3.36. The molecule has 2 heterocycles. The van der Waals surface area contributed by atoms with Crippen LogP contribution in [0.3, 0.4) is 0 Å². The maximum atomic E-state index is 12.2. The number of rotatable bonds is 7. The zero-order valence-corrected chi connectivity index (χ0v) is 13.0. The van der Waals surface area contributed by atoms with Crippen molar-refractivity contribution in [1.82, 2.24) is 10.3 Å². The van der Waals surface area contributed by atoms with Crippen LogP contribution in [0, 0.1) is 0 Å². The SMILES string of the molecule is CCCNCc1ccc(S(=O)(=O)Nc2ncccc2Cl)o1. The molecule has 0 spiro atoms. The second-order valence-corrected chi connectivity index (χ2v) is 6.36. The minimum atomic E-state index is -3.84. The Kier molecular flexibility index (Phi) is 5.22. The fourth-order valence-corrected chi connectivity index (χ4v) is 2.83. The number of pyridine rings is 1. The zero-order valence-electron chi connectivity index (χ0n) is 11.5. The van der Waals surface area contributed by atoms with Gasteiger partial charge < -0.3 is 9.73 Å². The van der Waals surface area contributed by atoms with Crippen LogP contribution < -0.4 is 10.0 Å². The maximum Gasteiger partial charge on any atom is 0.296 e. The highest BCUT2D eigenvalue weighted by molar-refractivity contribution is 7.92. The molecule has 0 aliphatic heterocycles. The number of furan rings is 1. The number of halogens is 1. The third-order valence-electron chi connectivity index (χ3n) is 2.62. The first kappa shape index (κ1) is 15.8. The lowest BCUT2D eigenvalue weighted by molar-refractivity contribution is 0.403. The molecule has 0 atom stereocenters. The lowest BCUT2D eigenvalue weighted by atomic mass is 10.4. The van der Waals surface area contributed by atoms with Gasteiger partial charge in [-0.25, -0.2) is 4.98 Å². The van der Waals surface area contributed by atoms with Gasteiger partial charge in [-0.05, 0) is 37.2 Å². The van der Waals surface area contributed by atoms with E-state index in [0.29, 0.717) is 12.3 Å². The molecule has 0 aliphatic rings. The van der Waals surface area contributed by atoms with Crippen molar-refractivity contribution in [2.45, 2.75) is 25.0 Å². The summed E-state index contributed by atoms with van der Waals surface area (Å²) >= 11 is 5.88. The molecule has 0 bridgehead atoms. The van der Waals surface area contributed by atoms with Gasteiger partial charge in [-0.1, -0.05) is 18.5 Å². The lowest BCUT2D eigenvalue weighted by Gasteiger charge is -2.06. The Morgan fingerprint density at radius 1 is 1.33 bits per heavy atom. The van der Waals surface area contributed by atoms with Gasteiger partial charge >= 0.3 is 0 Å². The standard InChI is InChI=1S/C13H16ClN3O3S/c1-2-7-15-9-10-5-6-12(20-10)21(18,19)17-13-11(14)4-3-8-16-13/h3-6,8,15H,2,7,9H2,1H3,(H,16,17). The second-order valence-electron chi connectivity index (χ2n) is 4.34. The van der Waals surface area contributed by atoms with E-state index >= 15 is 0 Å². The molecule has 2 aromatic rings. The first-order valence-electron chi connectivity index (χ1n) is 6.45. The third-order valence-corrected chi connectivity index (χ3v) is 4.13. The van der Waals surface area contributed by atoms with E-state index in [2.05, 4.69) is 15.0 Å². The summed E-state index contributed by atoms with van der Waals surface area (Å²) in [6, 6.07) is 6.19. The smallest absolute Gasteiger partial charge is 0.296 e. The van der Waals surface area contributed by atoms with Crippen LogP contribution in [0.2, 0.25) is 5.02 Å². The summed E-state index contributed by atoms with van der Waals surface area (Å²) in [5.74, 6) is 0.622. The number of sulfonamides is 1. The van der Waals surface area contributed by atoms with Crippen molar-refractivity contribution in [3.63, 3.8) is 0 Å². The summed E-state index contributed by atoms with van der Waals surface area (Å²) in [7, 11) is -3.84. The van der Waals surface area contributed by atoms with Crippen LogP contribution in [-0.2, 0) is 16.6 Å². The molecule has 0 aromatic carbocycles. The highest BCUT2D eigenvalue weighted by Crippen LogP contribution is 2.22. The van der Waals surface area contributed by atoms with Crippen LogP contribution in [0.1, 0.15) is 19.1 Å². The minimum Gasteiger partial charge on any atom is -0.446 e. The van der Waals surface area contributed by atoms with Crippen molar-refractivity contribution in [2.24, 2.45) is 0 Å². The van der Waals surface area contributed by atoms with E-state index in [4.69, 9.17) is 16.0 Å². The largest absolute Gasteiger partial charge is 0.446 e. The van der Waals surface area contributed by atoms with Gasteiger partial charge in [0.25, 0.3) is 10.0 Å². The van der Waals surface area contributed by atoms with Crippen molar-refractivity contribution in [1.29, 1.82) is 0 Å². The molecule has 8 heteroatoms. The highest BCUT2D eigenvalue weighted by atomic mass is 35.5. The normalized spacial score (nSPS) is 11.5. The van der Waals surface area contributed by atoms with Gasteiger partial charge in [-0.2, -0.15) is 8.42 Å². The number of anilines is 1. The van der Waals surface area contributed by atoms with Crippen LogP contribution in [0.4, 0.5) is 5.82 Å². The molecule has 2 aromatic heterocycles. The van der Waals surface area contributed by atoms with E-state index in [9.17, 15) is 8.42 Å². The molecule has 0 aliphatic carbocycles. The van der Waals surface area contributed by atoms with Gasteiger partial charge in [0.2, 0.25) is 5.09 Å². The van der Waals surface area contributed by atoms with Gasteiger partial charge in [0, 0.05) is 6.20 Å². The van der Waals surface area contributed by atoms with Gasteiger partial charge in [0.1, 0.15) is 5.76 Å². The molecule has 0 radical (unpaired) electrons. The first-order valence-corrected chi connectivity index (χ1v) is 8.32. The second kappa shape index (κ2) is 6.93. The minimum absolute atomic E-state index is 0.0706. The molecular formula is C13H16ClN3O3S. The number of hydrogen-bond acceptors (Lipinski definition) is 5. The molecule has 2 rings (SSSR count). The Bertz CT molecular complexity index is 700. The molecule has 0 saturated carbocycles. The molecule has 0 amide bonds. The summed E-state index contributed by atoms with van der Waals surface area (Å²) in [5, 5.41) is 3.18. The van der Waals surface area contributed by atoms with Crippen molar-refractivity contribution < 1.29 is 12.8 Å². The topological polar surface area (TPSA) is 84.2 Å². The number of hydrogen-bond donors (Lipinski definition) is 2. The van der Waals surface area contributed by atoms with E-state index in [1.165, 1.54) is 12.3 Å². The Labute approximate surface area is 128 Å². The predicted octanol–water partition coefficient (Wildman–Crippen LogP) is 2.63. The van der Waals surface area contributed by atoms with Crippen molar-refractivity contribution in [3.8, 4) is 0 Å². The van der Waals surface area contributed by atoms with Crippen LogP contribution in [0.5, 0.6) is 0 Å². The van der Waals surface area contributed by atoms with Crippen LogP contribution in [-0.4, -0.2) is 19.9 Å². The maximum absolute atomic E-state index is 12.2. The lowest BCUT2D eigenvalue weighted by Crippen LogP contribution is -2.14. The van der Waals surface area contributed by atoms with Crippen LogP contribution >= 0.6 is 11.6 Å². The van der Waals surface area contributed by atoms with Gasteiger partial charge in [0.15, 0.2) is 5.82 Å². The fraction of sp³-hybridized carbons (Fsp3) is 0.308. The Hall–Kier alpha value is -1.57. The number of nitrogens with zero attached hydrogens (tertiary/aromatic N) is 1. The summed E-state index contributed by atoms with van der Waals surface area (Å²) < 4.78 is 32.0. The van der Waals surface area contributed by atoms with E-state index in [1.54, 1.807) is 18.2 Å². The quantitative estimate of drug-likeness (QED) is 0.763. The number of aromatic nitrogens is 1. The van der Waals surface area contributed by atoms with Gasteiger partial charge in [-0.15, -0.1) is 0 Å². The molecule has 114 valence electrons. The Morgan fingerprint density at radius 2 is 2.14 bits per heavy atom. The molecule has 0 unspecified atom stereocenters. The third kappa shape index (κ3) is 4.20. The Balaban J connectivity index is 2.11. The van der Waals surface area contributed by atoms with Crippen molar-refractivity contribution >= 4 is 27.4 Å². The predicted molar refractivity (Wildman–Crippen MR) is 80.8 cm³/mol. The molecule has 21 heavy (non-hydrogen) atoms. The van der Waals surface area contributed by atoms with E-state index in [-0.39, 0.29) is 15.9 Å². The molecule has 0 fully saturated rings. The van der Waals surface area contributed by atoms with E-state index in [0.717, 1.165) is 13.0 Å². The average molecular weight is 330 g/mol. The summed E-state index contributed by atoms with van der Waals surface area (Å²) in [6.07, 6.45) is 2.44. The molecule has 6 nitrogen and oxygen atoms in total. The van der Waals surface area contributed by atoms with Crippen molar-refractivity contribution in [2.75, 3.05) is 11.3 Å². The molecule has 2 N–H and O–H groups in total. The molecular weight excluding hydrogens is 314 g/mol. The molecule has 0 saturated heterocycles. The van der Waals surface area contributed by atoms with Gasteiger partial charge in [0.05, 0.1) is 11.6 Å².